The SMILES string of the molecule is NC1COc2ccc(I)c(F)c21. The lowest BCUT2D eigenvalue weighted by molar-refractivity contribution is 0.333. The number of fused-ring (bicyclic) bond motifs is 1. The molecule has 1 aromatic carbocycles. The molecule has 4 heteroatoms. The zero-order valence-corrected chi connectivity index (χ0v) is 8.34. The van der Waals surface area contributed by atoms with E-state index >= 15 is 0 Å². The molecule has 0 aromatic heterocycles. The van der Waals surface area contributed by atoms with Crippen molar-refractivity contribution in [2.75, 3.05) is 6.61 Å². The van der Waals surface area contributed by atoms with Gasteiger partial charge in [-0.3, -0.25) is 0 Å². The van der Waals surface area contributed by atoms with E-state index in [0.29, 0.717) is 21.5 Å². The molecule has 12 heavy (non-hydrogen) atoms. The molecule has 0 amide bonds. The molecule has 0 saturated heterocycles. The number of ether oxygens (including phenoxy) is 1. The van der Waals surface area contributed by atoms with Crippen LogP contribution in [0.3, 0.4) is 0 Å². The van der Waals surface area contributed by atoms with E-state index in [0.717, 1.165) is 0 Å². The van der Waals surface area contributed by atoms with Crippen LogP contribution in [0.15, 0.2) is 12.1 Å². The Morgan fingerprint density at radius 1 is 1.58 bits per heavy atom. The Hall–Kier alpha value is -0.360. The molecule has 2 rings (SSSR count). The minimum absolute atomic E-state index is 0.238. The van der Waals surface area contributed by atoms with Crippen molar-refractivity contribution in [3.63, 3.8) is 0 Å². The van der Waals surface area contributed by atoms with Crippen LogP contribution in [0.5, 0.6) is 5.75 Å². The third-order valence-electron chi connectivity index (χ3n) is 1.88. The fraction of sp³-hybridized carbons (Fsp3) is 0.250. The summed E-state index contributed by atoms with van der Waals surface area (Å²) in [7, 11) is 0. The predicted octanol–water partition coefficient (Wildman–Crippen LogP) is 1.82. The van der Waals surface area contributed by atoms with Gasteiger partial charge < -0.3 is 10.5 Å². The van der Waals surface area contributed by atoms with Crippen molar-refractivity contribution < 1.29 is 9.13 Å². The lowest BCUT2D eigenvalue weighted by Gasteiger charge is -2.03. The predicted molar refractivity (Wildman–Crippen MR) is 51.5 cm³/mol. The number of halogens is 2. The van der Waals surface area contributed by atoms with Crippen LogP contribution in [0, 0.1) is 9.39 Å². The smallest absolute Gasteiger partial charge is 0.145 e. The molecular formula is C8H7FINO. The van der Waals surface area contributed by atoms with Crippen molar-refractivity contribution in [1.82, 2.24) is 0 Å². The maximum atomic E-state index is 13.4. The molecule has 2 nitrogen and oxygen atoms in total. The summed E-state index contributed by atoms with van der Waals surface area (Å²) in [5.41, 5.74) is 6.16. The maximum absolute atomic E-state index is 13.4. The zero-order valence-electron chi connectivity index (χ0n) is 6.18. The molecule has 0 bridgehead atoms. The van der Waals surface area contributed by atoms with Gasteiger partial charge in [0.05, 0.1) is 11.6 Å². The zero-order chi connectivity index (χ0) is 8.72. The van der Waals surface area contributed by atoms with E-state index in [4.69, 9.17) is 10.5 Å². The summed E-state index contributed by atoms with van der Waals surface area (Å²) in [6.45, 7) is 0.381. The first-order valence-corrected chi connectivity index (χ1v) is 4.64. The molecule has 1 unspecified atom stereocenters. The lowest BCUT2D eigenvalue weighted by atomic mass is 10.1. The third kappa shape index (κ3) is 1.09. The molecule has 0 fully saturated rings. The van der Waals surface area contributed by atoms with Gasteiger partial charge in [-0.05, 0) is 34.7 Å². The van der Waals surface area contributed by atoms with E-state index in [1.54, 1.807) is 12.1 Å². The van der Waals surface area contributed by atoms with E-state index in [2.05, 4.69) is 0 Å². The standard InChI is InChI=1S/C8H7FINO/c9-8-4(10)1-2-6-7(8)5(11)3-12-6/h1-2,5H,3,11H2. The van der Waals surface area contributed by atoms with Crippen molar-refractivity contribution in [1.29, 1.82) is 0 Å². The van der Waals surface area contributed by atoms with Crippen molar-refractivity contribution in [3.05, 3.63) is 27.1 Å². The van der Waals surface area contributed by atoms with Gasteiger partial charge in [0.2, 0.25) is 0 Å². The van der Waals surface area contributed by atoms with Gasteiger partial charge in [-0.1, -0.05) is 0 Å². The number of benzene rings is 1. The average molecular weight is 279 g/mol. The van der Waals surface area contributed by atoms with Crippen LogP contribution in [-0.2, 0) is 0 Å². The second kappa shape index (κ2) is 2.85. The highest BCUT2D eigenvalue weighted by Gasteiger charge is 2.25. The Kier molecular flexibility index (Phi) is 1.96. The summed E-state index contributed by atoms with van der Waals surface area (Å²) in [5.74, 6) is 0.346. The van der Waals surface area contributed by atoms with Crippen LogP contribution in [0.4, 0.5) is 4.39 Å². The fourth-order valence-corrected chi connectivity index (χ4v) is 1.75. The molecule has 1 aliphatic heterocycles. The Bertz CT molecular complexity index is 329. The highest BCUT2D eigenvalue weighted by atomic mass is 127. The molecule has 0 saturated carbocycles. The maximum Gasteiger partial charge on any atom is 0.145 e. The molecule has 1 aromatic rings. The molecular weight excluding hydrogens is 272 g/mol. The van der Waals surface area contributed by atoms with E-state index in [9.17, 15) is 4.39 Å². The summed E-state index contributed by atoms with van der Waals surface area (Å²) >= 11 is 1.94. The summed E-state index contributed by atoms with van der Waals surface area (Å²) in [5, 5.41) is 0. The van der Waals surface area contributed by atoms with E-state index in [-0.39, 0.29) is 11.9 Å². The number of nitrogens with two attached hydrogens (primary N) is 1. The Morgan fingerprint density at radius 3 is 3.08 bits per heavy atom. The first-order chi connectivity index (χ1) is 5.70. The van der Waals surface area contributed by atoms with Crippen LogP contribution in [0.25, 0.3) is 0 Å². The summed E-state index contributed by atoms with van der Waals surface area (Å²) in [4.78, 5) is 0. The molecule has 1 atom stereocenters. The van der Waals surface area contributed by atoms with E-state index < -0.39 is 0 Å². The van der Waals surface area contributed by atoms with Gasteiger partial charge in [0.15, 0.2) is 0 Å². The van der Waals surface area contributed by atoms with Crippen molar-refractivity contribution in [2.24, 2.45) is 5.73 Å². The Morgan fingerprint density at radius 2 is 2.33 bits per heavy atom. The van der Waals surface area contributed by atoms with Gasteiger partial charge in [0.1, 0.15) is 18.2 Å². The quantitative estimate of drug-likeness (QED) is 0.735. The van der Waals surface area contributed by atoms with Crippen molar-refractivity contribution in [2.45, 2.75) is 6.04 Å². The van der Waals surface area contributed by atoms with Gasteiger partial charge in [-0.15, -0.1) is 0 Å². The molecule has 1 heterocycles. The number of rotatable bonds is 0. The summed E-state index contributed by atoms with van der Waals surface area (Å²) in [6, 6.07) is 3.13. The second-order valence-corrected chi connectivity index (χ2v) is 3.85. The first-order valence-electron chi connectivity index (χ1n) is 3.56. The minimum atomic E-state index is -0.310. The Balaban J connectivity index is 2.63. The Labute approximate surface area is 83.0 Å². The molecule has 2 N–H and O–H groups in total. The normalized spacial score (nSPS) is 20.4. The first kappa shape index (κ1) is 8.25. The van der Waals surface area contributed by atoms with Crippen molar-refractivity contribution >= 4 is 22.6 Å². The third-order valence-corrected chi connectivity index (χ3v) is 2.71. The molecule has 1 aliphatic rings. The van der Waals surface area contributed by atoms with Crippen LogP contribution in [0.2, 0.25) is 0 Å². The fourth-order valence-electron chi connectivity index (χ4n) is 1.28. The molecule has 0 radical (unpaired) electrons. The monoisotopic (exact) mass is 279 g/mol. The molecule has 64 valence electrons. The van der Waals surface area contributed by atoms with E-state index in [1.807, 2.05) is 22.6 Å². The van der Waals surface area contributed by atoms with Crippen LogP contribution in [0.1, 0.15) is 11.6 Å². The van der Waals surface area contributed by atoms with Crippen LogP contribution in [-0.4, -0.2) is 6.61 Å². The summed E-state index contributed by atoms with van der Waals surface area (Å²) < 4.78 is 19.2. The molecule has 0 spiro atoms. The minimum Gasteiger partial charge on any atom is -0.491 e. The van der Waals surface area contributed by atoms with Crippen LogP contribution >= 0.6 is 22.6 Å². The largest absolute Gasteiger partial charge is 0.491 e. The highest BCUT2D eigenvalue weighted by Crippen LogP contribution is 2.34. The van der Waals surface area contributed by atoms with Gasteiger partial charge in [-0.25, -0.2) is 4.39 Å². The molecule has 0 aliphatic carbocycles. The van der Waals surface area contributed by atoms with Gasteiger partial charge in [0, 0.05) is 3.57 Å². The summed E-state index contributed by atoms with van der Waals surface area (Å²) in [6.07, 6.45) is 0. The average Bonchev–Trinajstić information content (AvgIpc) is 2.41. The van der Waals surface area contributed by atoms with Gasteiger partial charge in [0.25, 0.3) is 0 Å². The van der Waals surface area contributed by atoms with Crippen molar-refractivity contribution in [3.8, 4) is 5.75 Å². The van der Waals surface area contributed by atoms with E-state index in [1.165, 1.54) is 0 Å². The topological polar surface area (TPSA) is 35.2 Å². The van der Waals surface area contributed by atoms with Gasteiger partial charge in [-0.2, -0.15) is 0 Å². The van der Waals surface area contributed by atoms with Crippen LogP contribution < -0.4 is 10.5 Å². The highest BCUT2D eigenvalue weighted by molar-refractivity contribution is 14.1. The second-order valence-electron chi connectivity index (χ2n) is 2.69. The van der Waals surface area contributed by atoms with Gasteiger partial charge >= 0.3 is 0 Å². The number of hydrogen-bond donors (Lipinski definition) is 1. The number of hydrogen-bond acceptors (Lipinski definition) is 2. The lowest BCUT2D eigenvalue weighted by Crippen LogP contribution is -2.12.